The Balaban J connectivity index is 1.77. The predicted octanol–water partition coefficient (Wildman–Crippen LogP) is 5.73. The van der Waals surface area contributed by atoms with Crippen LogP contribution in [0.5, 0.6) is 0 Å². The molecule has 0 unspecified atom stereocenters. The number of para-hydroxylation sites is 1. The Morgan fingerprint density at radius 2 is 1.89 bits per heavy atom. The van der Waals surface area contributed by atoms with Crippen LogP contribution in [-0.4, -0.2) is 17.6 Å². The number of rotatable bonds is 3. The topological polar surface area (TPSA) is 29.3 Å². The third kappa shape index (κ3) is 2.47. The molecule has 0 amide bonds. The average Bonchev–Trinajstić information content (AvgIpc) is 3.18. The summed E-state index contributed by atoms with van der Waals surface area (Å²) in [5.41, 5.74) is 6.84. The monoisotopic (exact) mass is 368 g/mol. The van der Waals surface area contributed by atoms with Crippen LogP contribution < -0.4 is 10.4 Å². The minimum absolute atomic E-state index is 0.380. The second-order valence-electron chi connectivity index (χ2n) is 8.47. The van der Waals surface area contributed by atoms with Gasteiger partial charge in [-0.3, -0.25) is 0 Å². The van der Waals surface area contributed by atoms with E-state index in [1.165, 1.54) is 28.7 Å². The number of aromatic nitrogens is 1. The largest absolute Gasteiger partial charge is 0.435 e. The number of furan rings is 1. The number of benzene rings is 2. The van der Waals surface area contributed by atoms with Crippen molar-refractivity contribution in [2.75, 3.05) is 4.90 Å². The molecule has 0 fully saturated rings. The van der Waals surface area contributed by atoms with E-state index < -0.39 is 0 Å². The second kappa shape index (κ2) is 6.40. The maximum Gasteiger partial charge on any atom is 0.227 e. The first-order chi connectivity index (χ1) is 13.6. The van der Waals surface area contributed by atoms with Gasteiger partial charge in [0.1, 0.15) is 0 Å². The smallest absolute Gasteiger partial charge is 0.227 e. The van der Waals surface area contributed by atoms with Crippen molar-refractivity contribution in [3.8, 4) is 0 Å². The zero-order valence-electron chi connectivity index (χ0n) is 16.9. The van der Waals surface area contributed by atoms with Gasteiger partial charge in [-0.05, 0) is 30.7 Å². The van der Waals surface area contributed by atoms with E-state index in [2.05, 4.69) is 80.0 Å². The van der Waals surface area contributed by atoms with Crippen LogP contribution in [0.15, 0.2) is 59.1 Å². The summed E-state index contributed by atoms with van der Waals surface area (Å²) in [7, 11) is 0. The number of pyridine rings is 1. The molecule has 0 N–H and O–H groups in total. The van der Waals surface area contributed by atoms with Gasteiger partial charge in [0.15, 0.2) is 5.58 Å². The molecule has 28 heavy (non-hydrogen) atoms. The minimum atomic E-state index is 0.380. The molecule has 0 radical (unpaired) electrons. The molecule has 5 rings (SSSR count). The van der Waals surface area contributed by atoms with Gasteiger partial charge >= 0.3 is 0 Å². The average molecular weight is 368 g/mol. The van der Waals surface area contributed by atoms with Crippen molar-refractivity contribution in [2.24, 2.45) is 5.92 Å². The van der Waals surface area contributed by atoms with Crippen LogP contribution in [0.1, 0.15) is 26.3 Å². The third-order valence-electron chi connectivity index (χ3n) is 6.14. The molecule has 1 aliphatic rings. The number of fused-ring (bicyclic) bond motifs is 4. The van der Waals surface area contributed by atoms with Crippen molar-refractivity contribution in [2.45, 2.75) is 40.0 Å². The van der Waals surface area contributed by atoms with Gasteiger partial charge in [-0.15, -0.1) is 0 Å². The van der Waals surface area contributed by atoms with Crippen molar-refractivity contribution < 1.29 is 4.42 Å². The predicted molar refractivity (Wildman–Crippen MR) is 119 cm³/mol. The van der Waals surface area contributed by atoms with Gasteiger partial charge in [-0.1, -0.05) is 68.8 Å². The van der Waals surface area contributed by atoms with Crippen molar-refractivity contribution in [3.63, 3.8) is 0 Å². The van der Waals surface area contributed by atoms with Crippen LogP contribution in [0.2, 0.25) is 6.32 Å². The van der Waals surface area contributed by atoms with E-state index in [0.717, 1.165) is 16.4 Å². The first kappa shape index (κ1) is 17.4. The summed E-state index contributed by atoms with van der Waals surface area (Å²) in [5.74, 6) is 1.04. The summed E-state index contributed by atoms with van der Waals surface area (Å²) in [5, 5.41) is 2.22. The second-order valence-corrected chi connectivity index (χ2v) is 8.47. The molecule has 2 aromatic carbocycles. The maximum atomic E-state index is 6.30. The summed E-state index contributed by atoms with van der Waals surface area (Å²) >= 11 is 0. The summed E-state index contributed by atoms with van der Waals surface area (Å²) in [4.78, 5) is 6.95. The molecule has 3 heterocycles. The van der Waals surface area contributed by atoms with Gasteiger partial charge in [-0.2, -0.15) is 0 Å². The molecule has 0 bridgehead atoms. The summed E-state index contributed by atoms with van der Waals surface area (Å²) in [6.45, 7) is 9.68. The molecule has 4 aromatic rings. The highest BCUT2D eigenvalue weighted by molar-refractivity contribution is 6.78. The lowest BCUT2D eigenvalue weighted by Crippen LogP contribution is -2.40. The van der Waals surface area contributed by atoms with Crippen LogP contribution in [0.3, 0.4) is 0 Å². The molecular weight excluding hydrogens is 343 g/mol. The van der Waals surface area contributed by atoms with E-state index in [0.29, 0.717) is 24.3 Å². The fraction of sp³-hybridized carbons (Fsp3) is 0.292. The Morgan fingerprint density at radius 1 is 1.07 bits per heavy atom. The fourth-order valence-corrected chi connectivity index (χ4v) is 4.89. The standard InChI is InChI=1S/C24H25BN2O/c1-15(2)14-25-17(4)27(21-10-6-5-9-20(21)25)22-16(3)11-12-18-19-8-7-13-26-24(19)28-23(18)22/h5-13,15,17H,14H2,1-4H3/t17-/m0/s1. The van der Waals surface area contributed by atoms with Gasteiger partial charge in [0.25, 0.3) is 0 Å². The van der Waals surface area contributed by atoms with E-state index >= 15 is 0 Å². The van der Waals surface area contributed by atoms with Gasteiger partial charge in [0.2, 0.25) is 12.4 Å². The Hall–Kier alpha value is -2.75. The highest BCUT2D eigenvalue weighted by Gasteiger charge is 2.40. The van der Waals surface area contributed by atoms with E-state index in [-0.39, 0.29) is 0 Å². The van der Waals surface area contributed by atoms with Crippen molar-refractivity contribution in [1.82, 2.24) is 4.98 Å². The molecular formula is C24H25BN2O. The number of hydrogen-bond acceptors (Lipinski definition) is 3. The highest BCUT2D eigenvalue weighted by Crippen LogP contribution is 2.43. The first-order valence-electron chi connectivity index (χ1n) is 10.2. The lowest BCUT2D eigenvalue weighted by atomic mass is 9.38. The number of aryl methyl sites for hydroxylation is 1. The van der Waals surface area contributed by atoms with E-state index in [4.69, 9.17) is 4.42 Å². The fourth-order valence-electron chi connectivity index (χ4n) is 4.89. The zero-order valence-corrected chi connectivity index (χ0v) is 16.9. The quantitative estimate of drug-likeness (QED) is 0.433. The van der Waals surface area contributed by atoms with Crippen molar-refractivity contribution in [3.05, 3.63) is 60.3 Å². The van der Waals surface area contributed by atoms with Gasteiger partial charge in [-0.25, -0.2) is 4.98 Å². The SMILES string of the molecule is Cc1ccc2c(oc3ncccc32)c1N1c2ccccc2B(CC(C)C)[C@@H]1C. The van der Waals surface area contributed by atoms with Gasteiger partial charge in [0, 0.05) is 28.6 Å². The van der Waals surface area contributed by atoms with E-state index in [1.54, 1.807) is 6.20 Å². The molecule has 4 heteroatoms. The number of nitrogens with zero attached hydrogens (tertiary/aromatic N) is 2. The molecule has 0 saturated carbocycles. The summed E-state index contributed by atoms with van der Waals surface area (Å²) in [6.07, 6.45) is 2.98. The molecule has 1 aliphatic heterocycles. The third-order valence-corrected chi connectivity index (χ3v) is 6.14. The Bertz CT molecular complexity index is 1180. The maximum absolute atomic E-state index is 6.30. The normalized spacial score (nSPS) is 16.5. The summed E-state index contributed by atoms with van der Waals surface area (Å²) < 4.78 is 6.30. The molecule has 140 valence electrons. The minimum Gasteiger partial charge on any atom is -0.435 e. The Labute approximate surface area is 166 Å². The molecule has 2 aromatic heterocycles. The van der Waals surface area contributed by atoms with Crippen LogP contribution >= 0.6 is 0 Å². The van der Waals surface area contributed by atoms with E-state index in [9.17, 15) is 0 Å². The molecule has 3 nitrogen and oxygen atoms in total. The lowest BCUT2D eigenvalue weighted by Gasteiger charge is -2.29. The molecule has 0 aliphatic carbocycles. The first-order valence-corrected chi connectivity index (χ1v) is 10.2. The van der Waals surface area contributed by atoms with Gasteiger partial charge < -0.3 is 9.32 Å². The van der Waals surface area contributed by atoms with Crippen LogP contribution in [0.4, 0.5) is 11.4 Å². The molecule has 1 atom stereocenters. The van der Waals surface area contributed by atoms with Crippen LogP contribution in [0, 0.1) is 12.8 Å². The zero-order chi connectivity index (χ0) is 19.4. The lowest BCUT2D eigenvalue weighted by molar-refractivity contribution is 0.652. The Morgan fingerprint density at radius 3 is 2.71 bits per heavy atom. The van der Waals surface area contributed by atoms with Gasteiger partial charge in [0.05, 0.1) is 5.69 Å². The van der Waals surface area contributed by atoms with Crippen molar-refractivity contribution in [1.29, 1.82) is 0 Å². The van der Waals surface area contributed by atoms with E-state index in [1.807, 2.05) is 6.07 Å². The highest BCUT2D eigenvalue weighted by atomic mass is 16.3. The molecule has 0 spiro atoms. The van der Waals surface area contributed by atoms with Crippen molar-refractivity contribution >= 4 is 45.6 Å². The molecule has 0 saturated heterocycles. The van der Waals surface area contributed by atoms with Crippen LogP contribution in [-0.2, 0) is 0 Å². The van der Waals surface area contributed by atoms with Crippen LogP contribution in [0.25, 0.3) is 22.1 Å². The summed E-state index contributed by atoms with van der Waals surface area (Å²) in [6, 6.07) is 17.3. The Kier molecular flexibility index (Phi) is 3.97. The number of anilines is 2. The number of hydrogen-bond donors (Lipinski definition) is 0.